The third-order valence-corrected chi connectivity index (χ3v) is 5.74. The Hall–Kier alpha value is -0.00610. The molecule has 0 aliphatic carbocycles. The van der Waals surface area contributed by atoms with Crippen molar-refractivity contribution in [1.29, 1.82) is 0 Å². The molecule has 1 aromatic rings. The molecule has 0 radical (unpaired) electrons. The van der Waals surface area contributed by atoms with Gasteiger partial charge in [-0.2, -0.15) is 0 Å². The Balaban J connectivity index is 2.60. The first-order valence-corrected chi connectivity index (χ1v) is 6.83. The Bertz CT molecular complexity index is 306. The standard InChI is InChI=1S/C9H8O.Y/c1-2-8-5-3-4-6-9(8)7-10;/h2-6H,1H3;. The van der Waals surface area contributed by atoms with E-state index in [2.05, 4.69) is 13.0 Å². The number of benzene rings is 1. The van der Waals surface area contributed by atoms with Crippen molar-refractivity contribution in [3.8, 4) is 0 Å². The third-order valence-electron chi connectivity index (χ3n) is 2.12. The van der Waals surface area contributed by atoms with E-state index in [1.165, 1.54) is 5.56 Å². The Morgan fingerprint density at radius 1 is 1.36 bits per heavy atom. The van der Waals surface area contributed by atoms with Crippen LogP contribution in [0.1, 0.15) is 25.6 Å². The molecule has 0 fully saturated rings. The van der Waals surface area contributed by atoms with Gasteiger partial charge in [0.05, 0.1) is 0 Å². The van der Waals surface area contributed by atoms with Crippen molar-refractivity contribution < 1.29 is 34.0 Å². The quantitative estimate of drug-likeness (QED) is 0.654. The summed E-state index contributed by atoms with van der Waals surface area (Å²) in [7, 11) is 0. The molecule has 0 amide bonds. The maximum absolute atomic E-state index is 11.4. The van der Waals surface area contributed by atoms with Crippen molar-refractivity contribution in [3.05, 3.63) is 35.4 Å². The third kappa shape index (κ3) is 1.21. The number of hydrogen-bond acceptors (Lipinski definition) is 1. The van der Waals surface area contributed by atoms with Crippen LogP contribution in [0.25, 0.3) is 0 Å². The summed E-state index contributed by atoms with van der Waals surface area (Å²) in [4.78, 5) is 11.4. The summed E-state index contributed by atoms with van der Waals surface area (Å²) in [6.07, 6.45) is 0. The summed E-state index contributed by atoms with van der Waals surface area (Å²) in [5.41, 5.74) is 2.32. The summed E-state index contributed by atoms with van der Waals surface area (Å²) >= 11 is -0.940. The number of hydrogen-bond donors (Lipinski definition) is 0. The van der Waals surface area contributed by atoms with Crippen molar-refractivity contribution in [1.82, 2.24) is 0 Å². The van der Waals surface area contributed by atoms with Gasteiger partial charge in [-0.05, 0) is 0 Å². The van der Waals surface area contributed by atoms with E-state index >= 15 is 0 Å². The van der Waals surface area contributed by atoms with E-state index < -0.39 is 29.2 Å². The fraction of sp³-hybridized carbons (Fsp3) is 0.222. The Labute approximate surface area is 81.2 Å². The average Bonchev–Trinajstić information content (AvgIpc) is 2.30. The molecule has 0 saturated heterocycles. The van der Waals surface area contributed by atoms with Gasteiger partial charge in [0, 0.05) is 0 Å². The molecule has 0 N–H and O–H groups in total. The fourth-order valence-corrected chi connectivity index (χ4v) is 4.88. The first kappa shape index (κ1) is 7.63. The molecule has 0 aromatic heterocycles. The topological polar surface area (TPSA) is 17.1 Å². The minimum atomic E-state index is -0.940. The van der Waals surface area contributed by atoms with Gasteiger partial charge in [0.1, 0.15) is 0 Å². The van der Waals surface area contributed by atoms with Crippen LogP contribution < -0.4 is 0 Å². The van der Waals surface area contributed by atoms with Crippen LogP contribution in [-0.2, 0) is 29.2 Å². The molecule has 1 aliphatic rings. The molecule has 11 heavy (non-hydrogen) atoms. The predicted octanol–water partition coefficient (Wildman–Crippen LogP) is 1.98. The van der Waals surface area contributed by atoms with E-state index in [9.17, 15) is 4.79 Å². The molecule has 2 heteroatoms. The Morgan fingerprint density at radius 3 is 2.82 bits per heavy atom. The number of carbonyl (C=O) groups excluding carboxylic acids is 1. The zero-order valence-electron chi connectivity index (χ0n) is 6.37. The normalized spacial score (nSPS) is 20.5. The average molecular weight is 221 g/mol. The minimum absolute atomic E-state index is 0.489. The molecule has 0 spiro atoms. The summed E-state index contributed by atoms with van der Waals surface area (Å²) < 4.78 is 1.11. The van der Waals surface area contributed by atoms with Crippen molar-refractivity contribution in [3.63, 3.8) is 0 Å². The number of rotatable bonds is 0. The SMILES string of the molecule is C[CH]1[Y][C](=O)c2ccccc21. The molecule has 1 aromatic carbocycles. The zero-order chi connectivity index (χ0) is 7.84. The fourth-order valence-electron chi connectivity index (χ4n) is 1.53. The van der Waals surface area contributed by atoms with Gasteiger partial charge in [-0.15, -0.1) is 0 Å². The van der Waals surface area contributed by atoms with Gasteiger partial charge in [0.25, 0.3) is 0 Å². The van der Waals surface area contributed by atoms with E-state index in [1.54, 1.807) is 0 Å². The van der Waals surface area contributed by atoms with Crippen molar-refractivity contribution in [2.24, 2.45) is 0 Å². The second kappa shape index (κ2) is 2.80. The number of carbonyl (C=O) groups is 1. The Kier molecular flexibility index (Phi) is 1.94. The Morgan fingerprint density at radius 2 is 2.09 bits per heavy atom. The van der Waals surface area contributed by atoms with Crippen LogP contribution in [0.4, 0.5) is 0 Å². The maximum atomic E-state index is 11.4. The van der Waals surface area contributed by atoms with Crippen LogP contribution in [0, 0.1) is 0 Å². The zero-order valence-corrected chi connectivity index (χ0v) is 9.21. The van der Waals surface area contributed by atoms with E-state index in [-0.39, 0.29) is 0 Å². The van der Waals surface area contributed by atoms with Gasteiger partial charge in [0.15, 0.2) is 0 Å². The number of fused-ring (bicyclic) bond motifs is 1. The van der Waals surface area contributed by atoms with Crippen LogP contribution >= 0.6 is 0 Å². The second-order valence-corrected chi connectivity index (χ2v) is 7.47. The summed E-state index contributed by atoms with van der Waals surface area (Å²) in [6, 6.07) is 8.04. The molecule has 1 nitrogen and oxygen atoms in total. The summed E-state index contributed by atoms with van der Waals surface area (Å²) in [5, 5.41) is 0. The van der Waals surface area contributed by atoms with Crippen LogP contribution in [0.3, 0.4) is 0 Å². The molecule has 1 atom stereocenters. The van der Waals surface area contributed by atoms with Crippen LogP contribution in [-0.4, -0.2) is 2.59 Å². The van der Waals surface area contributed by atoms with Gasteiger partial charge in [-0.1, -0.05) is 0 Å². The molecular formula is C9H8OY. The molecule has 2 rings (SSSR count). The van der Waals surface area contributed by atoms with Crippen LogP contribution in [0.5, 0.6) is 0 Å². The van der Waals surface area contributed by atoms with Crippen molar-refractivity contribution in [2.75, 3.05) is 0 Å². The molecule has 53 valence electrons. The summed E-state index contributed by atoms with van der Waals surface area (Å²) in [6.45, 7) is 2.19. The second-order valence-electron chi connectivity index (χ2n) is 2.91. The predicted molar refractivity (Wildman–Crippen MR) is 39.2 cm³/mol. The van der Waals surface area contributed by atoms with Gasteiger partial charge in [0.2, 0.25) is 0 Å². The van der Waals surface area contributed by atoms with E-state index in [0.717, 1.165) is 5.56 Å². The molecule has 1 unspecified atom stereocenters. The van der Waals surface area contributed by atoms with Gasteiger partial charge in [-0.25, -0.2) is 0 Å². The first-order chi connectivity index (χ1) is 5.29. The molecular weight excluding hydrogens is 213 g/mol. The van der Waals surface area contributed by atoms with Gasteiger partial charge >= 0.3 is 81.6 Å². The first-order valence-electron chi connectivity index (χ1n) is 3.77. The molecule has 0 bridgehead atoms. The van der Waals surface area contributed by atoms with Gasteiger partial charge < -0.3 is 0 Å². The molecule has 1 aliphatic heterocycles. The van der Waals surface area contributed by atoms with E-state index in [4.69, 9.17) is 0 Å². The van der Waals surface area contributed by atoms with Gasteiger partial charge in [-0.3, -0.25) is 0 Å². The summed E-state index contributed by atoms with van der Waals surface area (Å²) in [5.74, 6) is 0. The van der Waals surface area contributed by atoms with Crippen LogP contribution in [0.2, 0.25) is 0 Å². The van der Waals surface area contributed by atoms with E-state index in [1.807, 2.05) is 18.2 Å². The van der Waals surface area contributed by atoms with Crippen molar-refractivity contribution in [2.45, 2.75) is 9.65 Å². The van der Waals surface area contributed by atoms with E-state index in [0.29, 0.717) is 5.32 Å². The van der Waals surface area contributed by atoms with Crippen molar-refractivity contribution >= 4 is 2.59 Å². The monoisotopic (exact) mass is 221 g/mol. The molecule has 0 saturated carbocycles. The van der Waals surface area contributed by atoms with Crippen LogP contribution in [0.15, 0.2) is 24.3 Å². The molecule has 1 heterocycles.